The summed E-state index contributed by atoms with van der Waals surface area (Å²) in [6, 6.07) is 11.7. The number of nitrogens with zero attached hydrogens (tertiary/aromatic N) is 2. The molecule has 3 rings (SSSR count). The van der Waals surface area contributed by atoms with Crippen LogP contribution >= 0.6 is 0 Å². The lowest BCUT2D eigenvalue weighted by Crippen LogP contribution is -2.27. The van der Waals surface area contributed by atoms with Crippen molar-refractivity contribution in [1.29, 1.82) is 0 Å². The number of benzene rings is 2. The SMILES string of the molecule is COc1ccc(OC)c(CN(C)S(=O)(=O)c2ccc(N3CCCC3=O)cc2)c1. The first-order valence-corrected chi connectivity index (χ1v) is 10.4. The second-order valence-electron chi connectivity index (χ2n) is 6.58. The Morgan fingerprint density at radius 1 is 1.07 bits per heavy atom. The average molecular weight is 404 g/mol. The zero-order valence-electron chi connectivity index (χ0n) is 16.2. The van der Waals surface area contributed by atoms with Crippen LogP contribution in [-0.2, 0) is 21.4 Å². The van der Waals surface area contributed by atoms with E-state index >= 15 is 0 Å². The fourth-order valence-electron chi connectivity index (χ4n) is 3.23. The van der Waals surface area contributed by atoms with Crippen LogP contribution in [0.5, 0.6) is 11.5 Å². The van der Waals surface area contributed by atoms with Crippen LogP contribution in [0.1, 0.15) is 18.4 Å². The molecule has 1 amide bonds. The summed E-state index contributed by atoms with van der Waals surface area (Å²) >= 11 is 0. The molecule has 7 nitrogen and oxygen atoms in total. The average Bonchev–Trinajstić information content (AvgIpc) is 3.13. The molecule has 0 radical (unpaired) electrons. The largest absolute Gasteiger partial charge is 0.497 e. The highest BCUT2D eigenvalue weighted by Crippen LogP contribution is 2.28. The van der Waals surface area contributed by atoms with Crippen molar-refractivity contribution < 1.29 is 22.7 Å². The molecule has 8 heteroatoms. The Kier molecular flexibility index (Phi) is 5.90. The molecule has 2 aromatic rings. The smallest absolute Gasteiger partial charge is 0.243 e. The van der Waals surface area contributed by atoms with Crippen molar-refractivity contribution >= 4 is 21.6 Å². The highest BCUT2D eigenvalue weighted by Gasteiger charge is 2.25. The summed E-state index contributed by atoms with van der Waals surface area (Å²) in [5.74, 6) is 1.28. The van der Waals surface area contributed by atoms with Crippen molar-refractivity contribution in [3.8, 4) is 11.5 Å². The zero-order valence-corrected chi connectivity index (χ0v) is 17.0. The third-order valence-corrected chi connectivity index (χ3v) is 6.63. The van der Waals surface area contributed by atoms with Gasteiger partial charge in [0.1, 0.15) is 11.5 Å². The molecule has 1 aliphatic heterocycles. The highest BCUT2D eigenvalue weighted by atomic mass is 32.2. The summed E-state index contributed by atoms with van der Waals surface area (Å²) in [7, 11) is 0.912. The van der Waals surface area contributed by atoms with Crippen LogP contribution in [0.2, 0.25) is 0 Å². The van der Waals surface area contributed by atoms with Crippen LogP contribution in [0.3, 0.4) is 0 Å². The van der Waals surface area contributed by atoms with Gasteiger partial charge in [-0.2, -0.15) is 4.31 Å². The molecule has 1 aliphatic rings. The van der Waals surface area contributed by atoms with Crippen molar-refractivity contribution in [1.82, 2.24) is 4.31 Å². The number of hydrogen-bond acceptors (Lipinski definition) is 5. The number of amides is 1. The normalized spacial score (nSPS) is 14.6. The van der Waals surface area contributed by atoms with E-state index in [-0.39, 0.29) is 17.3 Å². The Hall–Kier alpha value is -2.58. The molecular formula is C20H24N2O5S. The van der Waals surface area contributed by atoms with E-state index in [0.29, 0.717) is 30.0 Å². The van der Waals surface area contributed by atoms with E-state index in [0.717, 1.165) is 12.1 Å². The van der Waals surface area contributed by atoms with Crippen LogP contribution in [-0.4, -0.2) is 46.4 Å². The van der Waals surface area contributed by atoms with Crippen molar-refractivity contribution in [3.05, 3.63) is 48.0 Å². The summed E-state index contributed by atoms with van der Waals surface area (Å²) < 4.78 is 37.7. The molecule has 0 bridgehead atoms. The molecular weight excluding hydrogens is 380 g/mol. The van der Waals surface area contributed by atoms with Crippen LogP contribution in [0.15, 0.2) is 47.4 Å². The maximum Gasteiger partial charge on any atom is 0.243 e. The summed E-state index contributed by atoms with van der Waals surface area (Å²) in [4.78, 5) is 13.7. The van der Waals surface area contributed by atoms with Gasteiger partial charge in [-0.15, -0.1) is 0 Å². The minimum absolute atomic E-state index is 0.0674. The van der Waals surface area contributed by atoms with Crippen LogP contribution in [0, 0.1) is 0 Å². The van der Waals surface area contributed by atoms with E-state index in [1.54, 1.807) is 42.3 Å². The quantitative estimate of drug-likeness (QED) is 0.709. The Morgan fingerprint density at radius 2 is 1.79 bits per heavy atom. The topological polar surface area (TPSA) is 76.2 Å². The van der Waals surface area contributed by atoms with Crippen LogP contribution in [0.4, 0.5) is 5.69 Å². The minimum Gasteiger partial charge on any atom is -0.497 e. The van der Waals surface area contributed by atoms with Crippen molar-refractivity contribution in [2.45, 2.75) is 24.3 Å². The lowest BCUT2D eigenvalue weighted by molar-refractivity contribution is -0.117. The fourth-order valence-corrected chi connectivity index (χ4v) is 4.38. The van der Waals surface area contributed by atoms with Gasteiger partial charge < -0.3 is 14.4 Å². The number of anilines is 1. The standard InChI is InChI=1S/C20H24N2O5S/c1-21(14-15-13-17(26-2)8-11-19(15)27-3)28(24,25)18-9-6-16(7-10-18)22-12-4-5-20(22)23/h6-11,13H,4-5,12,14H2,1-3H3. The molecule has 2 aromatic carbocycles. The van der Waals surface area contributed by atoms with Gasteiger partial charge in [-0.3, -0.25) is 4.79 Å². The molecule has 0 atom stereocenters. The van der Waals surface area contributed by atoms with Gasteiger partial charge in [-0.1, -0.05) is 0 Å². The second kappa shape index (κ2) is 8.20. The molecule has 0 unspecified atom stereocenters. The summed E-state index contributed by atoms with van der Waals surface area (Å²) in [5.41, 5.74) is 1.42. The van der Waals surface area contributed by atoms with Crippen molar-refractivity contribution in [3.63, 3.8) is 0 Å². The molecule has 0 N–H and O–H groups in total. The molecule has 0 aliphatic carbocycles. The number of carbonyl (C=O) groups excluding carboxylic acids is 1. The van der Waals surface area contributed by atoms with Crippen LogP contribution in [0.25, 0.3) is 0 Å². The molecule has 0 spiro atoms. The number of sulfonamides is 1. The third kappa shape index (κ3) is 3.98. The summed E-state index contributed by atoms with van der Waals surface area (Å²) in [6.45, 7) is 0.801. The van der Waals surface area contributed by atoms with Gasteiger partial charge in [0.15, 0.2) is 0 Å². The first-order valence-electron chi connectivity index (χ1n) is 8.94. The Bertz CT molecular complexity index is 957. The maximum absolute atomic E-state index is 13.0. The predicted molar refractivity (Wildman–Crippen MR) is 106 cm³/mol. The van der Waals surface area contributed by atoms with E-state index in [2.05, 4.69) is 0 Å². The molecule has 0 saturated carbocycles. The molecule has 1 heterocycles. The number of hydrogen-bond donors (Lipinski definition) is 0. The highest BCUT2D eigenvalue weighted by molar-refractivity contribution is 7.89. The van der Waals surface area contributed by atoms with E-state index < -0.39 is 10.0 Å². The molecule has 1 saturated heterocycles. The zero-order chi connectivity index (χ0) is 20.3. The van der Waals surface area contributed by atoms with E-state index in [4.69, 9.17) is 9.47 Å². The monoisotopic (exact) mass is 404 g/mol. The van der Waals surface area contributed by atoms with Gasteiger partial charge in [0.2, 0.25) is 15.9 Å². The summed E-state index contributed by atoms with van der Waals surface area (Å²) in [5, 5.41) is 0. The Morgan fingerprint density at radius 3 is 2.36 bits per heavy atom. The van der Waals surface area contributed by atoms with Crippen molar-refractivity contribution in [2.24, 2.45) is 0 Å². The molecule has 1 fully saturated rings. The fraction of sp³-hybridized carbons (Fsp3) is 0.350. The van der Waals surface area contributed by atoms with Gasteiger partial charge in [-0.05, 0) is 48.9 Å². The van der Waals surface area contributed by atoms with Gasteiger partial charge in [0.25, 0.3) is 0 Å². The number of carbonyl (C=O) groups is 1. The van der Waals surface area contributed by atoms with Gasteiger partial charge >= 0.3 is 0 Å². The first-order chi connectivity index (χ1) is 13.4. The van der Waals surface area contributed by atoms with E-state index in [1.807, 2.05) is 0 Å². The van der Waals surface area contributed by atoms with E-state index in [1.165, 1.54) is 30.6 Å². The number of ether oxygens (including phenoxy) is 2. The van der Waals surface area contributed by atoms with Crippen LogP contribution < -0.4 is 14.4 Å². The van der Waals surface area contributed by atoms with Gasteiger partial charge in [0, 0.05) is 37.8 Å². The lowest BCUT2D eigenvalue weighted by Gasteiger charge is -2.20. The molecule has 28 heavy (non-hydrogen) atoms. The lowest BCUT2D eigenvalue weighted by atomic mass is 10.2. The first kappa shape index (κ1) is 20.2. The Labute approximate surface area is 165 Å². The second-order valence-corrected chi connectivity index (χ2v) is 8.63. The van der Waals surface area contributed by atoms with Crippen molar-refractivity contribution in [2.75, 3.05) is 32.7 Å². The van der Waals surface area contributed by atoms with E-state index in [9.17, 15) is 13.2 Å². The molecule has 0 aromatic heterocycles. The third-order valence-electron chi connectivity index (χ3n) is 4.81. The maximum atomic E-state index is 13.0. The Balaban J connectivity index is 1.81. The van der Waals surface area contributed by atoms with Gasteiger partial charge in [0.05, 0.1) is 19.1 Å². The number of methoxy groups -OCH3 is 2. The minimum atomic E-state index is -3.70. The van der Waals surface area contributed by atoms with Gasteiger partial charge in [-0.25, -0.2) is 8.42 Å². The molecule has 150 valence electrons. The predicted octanol–water partition coefficient (Wildman–Crippen LogP) is 2.65. The summed E-state index contributed by atoms with van der Waals surface area (Å²) in [6.07, 6.45) is 1.36. The number of rotatable bonds is 7.